The van der Waals surface area contributed by atoms with Crippen LogP contribution >= 0.6 is 15.9 Å². The van der Waals surface area contributed by atoms with Crippen LogP contribution in [0.5, 0.6) is 0 Å². The molecule has 1 aromatic rings. The van der Waals surface area contributed by atoms with Crippen molar-refractivity contribution in [2.45, 2.75) is 37.6 Å². The average molecular weight is 255 g/mol. The molecule has 0 aromatic carbocycles. The van der Waals surface area contributed by atoms with E-state index in [0.717, 1.165) is 23.1 Å². The van der Waals surface area contributed by atoms with Gasteiger partial charge in [-0.15, -0.1) is 0 Å². The van der Waals surface area contributed by atoms with E-state index in [4.69, 9.17) is 5.73 Å². The molecule has 1 saturated carbocycles. The van der Waals surface area contributed by atoms with Gasteiger partial charge in [0.25, 0.3) is 0 Å². The van der Waals surface area contributed by atoms with Gasteiger partial charge in [0.1, 0.15) is 4.60 Å². The third-order valence-electron chi connectivity index (χ3n) is 3.19. The molecule has 1 aromatic heterocycles. The van der Waals surface area contributed by atoms with Gasteiger partial charge in [-0.3, -0.25) is 0 Å². The van der Waals surface area contributed by atoms with Crippen molar-refractivity contribution in [2.75, 3.05) is 0 Å². The fourth-order valence-electron chi connectivity index (χ4n) is 2.03. The van der Waals surface area contributed by atoms with Gasteiger partial charge >= 0.3 is 0 Å². The molecule has 0 spiro atoms. The summed E-state index contributed by atoms with van der Waals surface area (Å²) in [4.78, 5) is 4.51. The predicted octanol–water partition coefficient (Wildman–Crippen LogP) is 2.61. The molecule has 0 unspecified atom stereocenters. The second-order valence-corrected chi connectivity index (χ2v) is 5.46. The molecule has 76 valence electrons. The van der Waals surface area contributed by atoms with Crippen molar-refractivity contribution in [1.82, 2.24) is 4.98 Å². The van der Waals surface area contributed by atoms with Gasteiger partial charge in [0.2, 0.25) is 0 Å². The standard InChI is InChI=1S/C11H15BrN2/c1-10(2,13)11(6-7-11)8-4-3-5-9(12)14-8/h3-5H,6-7,13H2,1-2H3. The Bertz CT molecular complexity index is 351. The summed E-state index contributed by atoms with van der Waals surface area (Å²) in [6.45, 7) is 4.17. The summed E-state index contributed by atoms with van der Waals surface area (Å²) in [5, 5.41) is 0. The second-order valence-electron chi connectivity index (χ2n) is 4.65. The van der Waals surface area contributed by atoms with Gasteiger partial charge in [-0.1, -0.05) is 6.07 Å². The molecule has 1 aliphatic rings. The SMILES string of the molecule is CC(C)(N)C1(c2cccc(Br)n2)CC1. The molecule has 0 aliphatic heterocycles. The lowest BCUT2D eigenvalue weighted by Gasteiger charge is -2.30. The lowest BCUT2D eigenvalue weighted by molar-refractivity contribution is 0.383. The van der Waals surface area contributed by atoms with Crippen LogP contribution in [-0.2, 0) is 5.41 Å². The number of hydrogen-bond acceptors (Lipinski definition) is 2. The zero-order chi connectivity index (χ0) is 10.4. The minimum Gasteiger partial charge on any atom is -0.325 e. The van der Waals surface area contributed by atoms with Gasteiger partial charge < -0.3 is 5.73 Å². The summed E-state index contributed by atoms with van der Waals surface area (Å²) in [5.41, 5.74) is 7.26. The van der Waals surface area contributed by atoms with Crippen molar-refractivity contribution in [3.63, 3.8) is 0 Å². The molecule has 0 radical (unpaired) electrons. The van der Waals surface area contributed by atoms with E-state index in [1.54, 1.807) is 0 Å². The molecule has 2 rings (SSSR count). The van der Waals surface area contributed by atoms with Gasteiger partial charge in [-0.25, -0.2) is 4.98 Å². The molecule has 1 aliphatic carbocycles. The minimum absolute atomic E-state index is 0.108. The third kappa shape index (κ3) is 1.48. The van der Waals surface area contributed by atoms with E-state index in [9.17, 15) is 0 Å². The Balaban J connectivity index is 2.41. The first-order chi connectivity index (χ1) is 6.46. The Morgan fingerprint density at radius 1 is 1.43 bits per heavy atom. The van der Waals surface area contributed by atoms with Gasteiger partial charge in [0.15, 0.2) is 0 Å². The first-order valence-electron chi connectivity index (χ1n) is 4.88. The number of hydrogen-bond donors (Lipinski definition) is 1. The molecule has 0 atom stereocenters. The number of rotatable bonds is 2. The number of aromatic nitrogens is 1. The molecule has 2 nitrogen and oxygen atoms in total. The van der Waals surface area contributed by atoms with Crippen molar-refractivity contribution in [1.29, 1.82) is 0 Å². The maximum Gasteiger partial charge on any atom is 0.106 e. The van der Waals surface area contributed by atoms with Crippen molar-refractivity contribution < 1.29 is 0 Å². The second kappa shape index (κ2) is 3.04. The van der Waals surface area contributed by atoms with E-state index in [0.29, 0.717) is 0 Å². The number of pyridine rings is 1. The number of halogens is 1. The van der Waals surface area contributed by atoms with E-state index in [1.807, 2.05) is 12.1 Å². The number of nitrogens with two attached hydrogens (primary N) is 1. The summed E-state index contributed by atoms with van der Waals surface area (Å²) in [7, 11) is 0. The third-order valence-corrected chi connectivity index (χ3v) is 3.63. The molecule has 14 heavy (non-hydrogen) atoms. The first-order valence-corrected chi connectivity index (χ1v) is 5.67. The fourth-order valence-corrected chi connectivity index (χ4v) is 2.37. The Morgan fingerprint density at radius 3 is 2.50 bits per heavy atom. The summed E-state index contributed by atoms with van der Waals surface area (Å²) < 4.78 is 0.894. The van der Waals surface area contributed by atoms with Gasteiger partial charge in [-0.05, 0) is 54.8 Å². The van der Waals surface area contributed by atoms with E-state index in [1.165, 1.54) is 0 Å². The van der Waals surface area contributed by atoms with E-state index >= 15 is 0 Å². The zero-order valence-corrected chi connectivity index (χ0v) is 10.1. The van der Waals surface area contributed by atoms with Crippen LogP contribution in [0.4, 0.5) is 0 Å². The highest BCUT2D eigenvalue weighted by Gasteiger charge is 2.54. The summed E-state index contributed by atoms with van der Waals surface area (Å²) in [5.74, 6) is 0. The molecule has 2 N–H and O–H groups in total. The van der Waals surface area contributed by atoms with Gasteiger partial charge in [0, 0.05) is 16.6 Å². The van der Waals surface area contributed by atoms with Crippen LogP contribution in [0.2, 0.25) is 0 Å². The van der Waals surface area contributed by atoms with Crippen LogP contribution in [0.25, 0.3) is 0 Å². The highest BCUT2D eigenvalue weighted by Crippen LogP contribution is 2.54. The largest absolute Gasteiger partial charge is 0.325 e. The predicted molar refractivity (Wildman–Crippen MR) is 61.1 cm³/mol. The molecule has 0 amide bonds. The fraction of sp³-hybridized carbons (Fsp3) is 0.545. The Hall–Kier alpha value is -0.410. The summed E-state index contributed by atoms with van der Waals surface area (Å²) >= 11 is 3.40. The van der Waals surface area contributed by atoms with Gasteiger partial charge in [0.05, 0.1) is 0 Å². The van der Waals surface area contributed by atoms with E-state index < -0.39 is 0 Å². The Labute approximate surface area is 93.0 Å². The quantitative estimate of drug-likeness (QED) is 0.825. The maximum absolute atomic E-state index is 6.20. The maximum atomic E-state index is 6.20. The van der Waals surface area contributed by atoms with E-state index in [-0.39, 0.29) is 11.0 Å². The van der Waals surface area contributed by atoms with Crippen molar-refractivity contribution in [2.24, 2.45) is 5.73 Å². The molecule has 3 heteroatoms. The van der Waals surface area contributed by atoms with Gasteiger partial charge in [-0.2, -0.15) is 0 Å². The highest BCUT2D eigenvalue weighted by atomic mass is 79.9. The lowest BCUT2D eigenvalue weighted by atomic mass is 9.82. The van der Waals surface area contributed by atoms with Crippen LogP contribution < -0.4 is 5.73 Å². The minimum atomic E-state index is -0.180. The summed E-state index contributed by atoms with van der Waals surface area (Å²) in [6.07, 6.45) is 2.31. The van der Waals surface area contributed by atoms with Crippen LogP contribution in [0.1, 0.15) is 32.4 Å². The molecular formula is C11H15BrN2. The molecule has 0 bridgehead atoms. The highest BCUT2D eigenvalue weighted by molar-refractivity contribution is 9.10. The molecule has 1 heterocycles. The average Bonchev–Trinajstić information content (AvgIpc) is 2.82. The van der Waals surface area contributed by atoms with Crippen molar-refractivity contribution in [3.05, 3.63) is 28.5 Å². The Morgan fingerprint density at radius 2 is 2.07 bits per heavy atom. The van der Waals surface area contributed by atoms with Crippen molar-refractivity contribution in [3.8, 4) is 0 Å². The van der Waals surface area contributed by atoms with Crippen molar-refractivity contribution >= 4 is 15.9 Å². The smallest absolute Gasteiger partial charge is 0.106 e. The number of nitrogens with zero attached hydrogens (tertiary/aromatic N) is 1. The van der Waals surface area contributed by atoms with Crippen LogP contribution in [0.3, 0.4) is 0 Å². The lowest BCUT2D eigenvalue weighted by Crippen LogP contribution is -2.45. The van der Waals surface area contributed by atoms with Crippen LogP contribution in [0, 0.1) is 0 Å². The van der Waals surface area contributed by atoms with Crippen LogP contribution in [0.15, 0.2) is 22.8 Å². The molecule has 1 fully saturated rings. The normalized spacial score (nSPS) is 19.4. The Kier molecular flexibility index (Phi) is 2.20. The summed E-state index contributed by atoms with van der Waals surface area (Å²) in [6, 6.07) is 6.05. The molecule has 0 saturated heterocycles. The van der Waals surface area contributed by atoms with E-state index in [2.05, 4.69) is 40.8 Å². The zero-order valence-electron chi connectivity index (χ0n) is 8.55. The first kappa shape index (κ1) is 10.1. The molecular weight excluding hydrogens is 240 g/mol. The monoisotopic (exact) mass is 254 g/mol. The topological polar surface area (TPSA) is 38.9 Å². The van der Waals surface area contributed by atoms with Crippen LogP contribution in [-0.4, -0.2) is 10.5 Å².